The normalized spacial score (nSPS) is 19.0. The van der Waals surface area contributed by atoms with Crippen molar-refractivity contribution in [1.82, 2.24) is 9.88 Å². The van der Waals surface area contributed by atoms with Crippen molar-refractivity contribution < 1.29 is 4.79 Å². The van der Waals surface area contributed by atoms with Gasteiger partial charge in [-0.15, -0.1) is 0 Å². The number of likely N-dealkylation sites (tertiary alicyclic amines) is 1. The molecule has 1 aliphatic carbocycles. The van der Waals surface area contributed by atoms with Crippen LogP contribution in [0.2, 0.25) is 0 Å². The van der Waals surface area contributed by atoms with E-state index in [1.807, 2.05) is 18.1 Å². The molecule has 0 spiro atoms. The van der Waals surface area contributed by atoms with Crippen LogP contribution in [0.4, 0.5) is 5.82 Å². The Kier molecular flexibility index (Phi) is 3.40. The average Bonchev–Trinajstić information content (AvgIpc) is 3.20. The minimum atomic E-state index is 0.297. The molecule has 0 N–H and O–H groups in total. The third kappa shape index (κ3) is 2.88. The molecular formula is C15H21N3O. The largest absolute Gasteiger partial charge is 0.358 e. The number of carbonyl (C=O) groups excluding carboxylic acids is 1. The summed E-state index contributed by atoms with van der Waals surface area (Å²) in [5.74, 6) is 2.05. The molecule has 1 aromatic rings. The van der Waals surface area contributed by atoms with E-state index in [2.05, 4.69) is 22.0 Å². The van der Waals surface area contributed by atoms with Gasteiger partial charge in [-0.05, 0) is 36.8 Å². The van der Waals surface area contributed by atoms with E-state index in [0.717, 1.165) is 44.2 Å². The van der Waals surface area contributed by atoms with Crippen LogP contribution in [-0.2, 0) is 4.79 Å². The molecule has 4 heteroatoms. The van der Waals surface area contributed by atoms with Gasteiger partial charge in [0.1, 0.15) is 5.82 Å². The zero-order valence-corrected chi connectivity index (χ0v) is 11.5. The quantitative estimate of drug-likeness (QED) is 0.811. The molecule has 3 rings (SSSR count). The van der Waals surface area contributed by atoms with Crippen LogP contribution in [0.15, 0.2) is 18.3 Å². The van der Waals surface area contributed by atoms with Crippen LogP contribution in [0.1, 0.15) is 37.2 Å². The van der Waals surface area contributed by atoms with Gasteiger partial charge in [0.2, 0.25) is 5.91 Å². The molecule has 1 aliphatic heterocycles. The predicted molar refractivity (Wildman–Crippen MR) is 75.3 cm³/mol. The summed E-state index contributed by atoms with van der Waals surface area (Å²) in [6.45, 7) is 2.57. The molecule has 4 nitrogen and oxygen atoms in total. The first-order chi connectivity index (χ1) is 9.24. The Morgan fingerprint density at radius 3 is 2.84 bits per heavy atom. The van der Waals surface area contributed by atoms with E-state index in [-0.39, 0.29) is 0 Å². The number of likely N-dealkylation sites (N-methyl/N-ethyl adjacent to an activating group) is 1. The number of rotatable bonds is 5. The van der Waals surface area contributed by atoms with Gasteiger partial charge in [0, 0.05) is 39.3 Å². The molecule has 0 aromatic carbocycles. The number of carbonyl (C=O) groups is 1. The lowest BCUT2D eigenvalue weighted by atomic mass is 10.2. The van der Waals surface area contributed by atoms with Gasteiger partial charge in [-0.25, -0.2) is 4.98 Å². The third-order valence-electron chi connectivity index (χ3n) is 4.09. The van der Waals surface area contributed by atoms with Gasteiger partial charge in [0.05, 0.1) is 0 Å². The van der Waals surface area contributed by atoms with Crippen molar-refractivity contribution in [2.75, 3.05) is 31.6 Å². The molecule has 1 amide bonds. The fraction of sp³-hybridized carbons (Fsp3) is 0.600. The van der Waals surface area contributed by atoms with Crippen LogP contribution in [0.25, 0.3) is 0 Å². The monoisotopic (exact) mass is 259 g/mol. The SMILES string of the molecule is CN(CCN1CCCC1=O)c1ccc(C2CC2)cn1. The highest BCUT2D eigenvalue weighted by Gasteiger charge is 2.24. The highest BCUT2D eigenvalue weighted by molar-refractivity contribution is 5.78. The smallest absolute Gasteiger partial charge is 0.222 e. The van der Waals surface area contributed by atoms with Crippen molar-refractivity contribution in [3.05, 3.63) is 23.9 Å². The molecule has 1 saturated heterocycles. The van der Waals surface area contributed by atoms with E-state index in [4.69, 9.17) is 0 Å². The maximum Gasteiger partial charge on any atom is 0.222 e. The van der Waals surface area contributed by atoms with Crippen molar-refractivity contribution in [3.63, 3.8) is 0 Å². The zero-order valence-electron chi connectivity index (χ0n) is 11.5. The minimum Gasteiger partial charge on any atom is -0.358 e. The second kappa shape index (κ2) is 5.19. The first kappa shape index (κ1) is 12.5. The molecule has 0 atom stereocenters. The average molecular weight is 259 g/mol. The van der Waals surface area contributed by atoms with Crippen molar-refractivity contribution in [2.45, 2.75) is 31.6 Å². The Morgan fingerprint density at radius 1 is 1.42 bits per heavy atom. The Balaban J connectivity index is 1.54. The molecule has 0 unspecified atom stereocenters. The van der Waals surface area contributed by atoms with Crippen molar-refractivity contribution >= 4 is 11.7 Å². The van der Waals surface area contributed by atoms with Crippen LogP contribution in [0.5, 0.6) is 0 Å². The third-order valence-corrected chi connectivity index (χ3v) is 4.09. The highest BCUT2D eigenvalue weighted by atomic mass is 16.2. The lowest BCUT2D eigenvalue weighted by molar-refractivity contribution is -0.127. The van der Waals surface area contributed by atoms with Gasteiger partial charge in [-0.2, -0.15) is 0 Å². The van der Waals surface area contributed by atoms with Gasteiger partial charge >= 0.3 is 0 Å². The van der Waals surface area contributed by atoms with Crippen LogP contribution in [-0.4, -0.2) is 42.5 Å². The molecule has 102 valence electrons. The number of nitrogens with zero attached hydrogens (tertiary/aromatic N) is 3. The molecule has 0 bridgehead atoms. The predicted octanol–water partition coefficient (Wildman–Crippen LogP) is 2.02. The molecule has 1 aromatic heterocycles. The van der Waals surface area contributed by atoms with Crippen molar-refractivity contribution in [1.29, 1.82) is 0 Å². The molecule has 1 saturated carbocycles. The highest BCUT2D eigenvalue weighted by Crippen LogP contribution is 2.39. The Labute approximate surface area is 114 Å². The van der Waals surface area contributed by atoms with Gasteiger partial charge in [0.15, 0.2) is 0 Å². The number of aromatic nitrogens is 1. The van der Waals surface area contributed by atoms with E-state index >= 15 is 0 Å². The summed E-state index contributed by atoms with van der Waals surface area (Å²) in [6, 6.07) is 4.29. The summed E-state index contributed by atoms with van der Waals surface area (Å²) in [5, 5.41) is 0. The Hall–Kier alpha value is -1.58. The maximum atomic E-state index is 11.5. The van der Waals surface area contributed by atoms with Crippen LogP contribution in [0, 0.1) is 0 Å². The van der Waals surface area contributed by atoms with E-state index in [1.165, 1.54) is 18.4 Å². The van der Waals surface area contributed by atoms with Gasteiger partial charge in [-0.3, -0.25) is 4.79 Å². The fourth-order valence-electron chi connectivity index (χ4n) is 2.61. The summed E-state index contributed by atoms with van der Waals surface area (Å²) in [4.78, 5) is 20.1. The second-order valence-corrected chi connectivity index (χ2v) is 5.63. The first-order valence-electron chi connectivity index (χ1n) is 7.19. The topological polar surface area (TPSA) is 36.4 Å². The van der Waals surface area contributed by atoms with Crippen molar-refractivity contribution in [3.8, 4) is 0 Å². The second-order valence-electron chi connectivity index (χ2n) is 5.63. The molecule has 2 aliphatic rings. The van der Waals surface area contributed by atoms with E-state index in [9.17, 15) is 4.79 Å². The number of amides is 1. The van der Waals surface area contributed by atoms with Crippen LogP contribution in [0.3, 0.4) is 0 Å². The number of hydrogen-bond acceptors (Lipinski definition) is 3. The van der Waals surface area contributed by atoms with E-state index < -0.39 is 0 Å². The van der Waals surface area contributed by atoms with Crippen LogP contribution >= 0.6 is 0 Å². The lowest BCUT2D eigenvalue weighted by Crippen LogP contribution is -2.34. The summed E-state index contributed by atoms with van der Waals surface area (Å²) in [5.41, 5.74) is 1.37. The summed E-state index contributed by atoms with van der Waals surface area (Å²) < 4.78 is 0. The number of pyridine rings is 1. The number of hydrogen-bond donors (Lipinski definition) is 0. The zero-order chi connectivity index (χ0) is 13.2. The number of anilines is 1. The molecule has 0 radical (unpaired) electrons. The van der Waals surface area contributed by atoms with E-state index in [0.29, 0.717) is 5.91 Å². The van der Waals surface area contributed by atoms with E-state index in [1.54, 1.807) is 0 Å². The molecule has 2 heterocycles. The van der Waals surface area contributed by atoms with Crippen LogP contribution < -0.4 is 4.90 Å². The van der Waals surface area contributed by atoms with Gasteiger partial charge in [0.25, 0.3) is 0 Å². The minimum absolute atomic E-state index is 0.297. The Bertz CT molecular complexity index is 453. The Morgan fingerprint density at radius 2 is 2.26 bits per heavy atom. The first-order valence-corrected chi connectivity index (χ1v) is 7.19. The molecular weight excluding hydrogens is 238 g/mol. The standard InChI is InChI=1S/C15H21N3O/c1-17(9-10-18-8-2-3-15(18)19)14-7-6-13(11-16-14)12-4-5-12/h6-7,11-12H,2-5,8-10H2,1H3. The van der Waals surface area contributed by atoms with Crippen molar-refractivity contribution in [2.24, 2.45) is 0 Å². The molecule has 19 heavy (non-hydrogen) atoms. The summed E-state index contributed by atoms with van der Waals surface area (Å²) in [7, 11) is 2.04. The molecule has 2 fully saturated rings. The maximum absolute atomic E-state index is 11.5. The lowest BCUT2D eigenvalue weighted by Gasteiger charge is -2.22. The fourth-order valence-corrected chi connectivity index (χ4v) is 2.61. The van der Waals surface area contributed by atoms with Gasteiger partial charge in [-0.1, -0.05) is 6.07 Å². The summed E-state index contributed by atoms with van der Waals surface area (Å²) >= 11 is 0. The summed E-state index contributed by atoms with van der Waals surface area (Å²) in [6.07, 6.45) is 6.36. The van der Waals surface area contributed by atoms with Gasteiger partial charge < -0.3 is 9.80 Å².